The van der Waals surface area contributed by atoms with E-state index in [0.717, 1.165) is 51.4 Å². The van der Waals surface area contributed by atoms with E-state index in [-0.39, 0.29) is 26.1 Å². The zero-order chi connectivity index (χ0) is 37.2. The number of carbonyl (C=O) groups excluding carboxylic acids is 2. The molecule has 50 heavy (non-hydrogen) atoms. The molecule has 1 unspecified atom stereocenters. The fourth-order valence-electron chi connectivity index (χ4n) is 5.25. The summed E-state index contributed by atoms with van der Waals surface area (Å²) in [4.78, 5) is 35.1. The Morgan fingerprint density at radius 2 is 1.08 bits per heavy atom. The standard InChI is InChI=1S/C40H76NO8P/c1-6-8-10-12-14-16-18-19-20-21-23-24-26-28-30-32-39(42)46-36-38(37-48-50(44,45)47-35-34-41(3,4)5)49-40(43)33-31-29-27-25-22-17-15-13-11-9-7-2/h13,15,26,28,38H,6-12,14,16-25,27,29-37H2,1-5H3/p+1/b15-13+,28-26+/t38-/m1/s1. The van der Waals surface area contributed by atoms with Crippen LogP contribution >= 0.6 is 7.82 Å². The van der Waals surface area contributed by atoms with E-state index in [1.165, 1.54) is 77.0 Å². The highest BCUT2D eigenvalue weighted by atomic mass is 31.2. The molecule has 0 aliphatic carbocycles. The van der Waals surface area contributed by atoms with Gasteiger partial charge < -0.3 is 18.9 Å². The number of phosphoric acid groups is 1. The molecule has 0 fully saturated rings. The van der Waals surface area contributed by atoms with E-state index in [4.69, 9.17) is 18.5 Å². The Hall–Kier alpha value is -1.51. The number of hydrogen-bond acceptors (Lipinski definition) is 7. The van der Waals surface area contributed by atoms with E-state index in [0.29, 0.717) is 23.9 Å². The molecule has 0 rings (SSSR count). The van der Waals surface area contributed by atoms with Crippen LogP contribution in [0.1, 0.15) is 168 Å². The predicted octanol–water partition coefficient (Wildman–Crippen LogP) is 10.8. The number of quaternary nitrogens is 1. The van der Waals surface area contributed by atoms with Crippen LogP contribution in [0.4, 0.5) is 0 Å². The zero-order valence-electron chi connectivity index (χ0n) is 32.9. The van der Waals surface area contributed by atoms with Crippen LogP contribution in [0.5, 0.6) is 0 Å². The van der Waals surface area contributed by atoms with E-state index in [1.54, 1.807) is 0 Å². The number of unbranched alkanes of at least 4 members (excludes halogenated alkanes) is 18. The Bertz CT molecular complexity index is 918. The van der Waals surface area contributed by atoms with Gasteiger partial charge in [0.25, 0.3) is 0 Å². The van der Waals surface area contributed by atoms with Crippen LogP contribution in [-0.4, -0.2) is 74.9 Å². The molecule has 0 aliphatic rings. The van der Waals surface area contributed by atoms with Gasteiger partial charge in [0.15, 0.2) is 6.10 Å². The van der Waals surface area contributed by atoms with Crippen LogP contribution in [-0.2, 0) is 32.7 Å². The normalized spacial score (nSPS) is 14.0. The molecule has 0 bridgehead atoms. The number of likely N-dealkylation sites (N-methyl/N-ethyl adjacent to an activating group) is 1. The monoisotopic (exact) mass is 731 g/mol. The summed E-state index contributed by atoms with van der Waals surface area (Å²) in [5, 5.41) is 0. The minimum absolute atomic E-state index is 0.0264. The van der Waals surface area contributed by atoms with E-state index >= 15 is 0 Å². The van der Waals surface area contributed by atoms with Gasteiger partial charge >= 0.3 is 19.8 Å². The molecule has 9 nitrogen and oxygen atoms in total. The molecule has 2 atom stereocenters. The Kier molecular flexibility index (Phi) is 32.3. The smallest absolute Gasteiger partial charge is 0.462 e. The summed E-state index contributed by atoms with van der Waals surface area (Å²) in [5.41, 5.74) is 0. The second-order valence-corrected chi connectivity index (χ2v) is 16.1. The summed E-state index contributed by atoms with van der Waals surface area (Å²) in [5.74, 6) is -0.866. The first kappa shape index (κ1) is 48.5. The highest BCUT2D eigenvalue weighted by Gasteiger charge is 2.27. The fourth-order valence-corrected chi connectivity index (χ4v) is 5.99. The Morgan fingerprint density at radius 1 is 0.600 bits per heavy atom. The summed E-state index contributed by atoms with van der Waals surface area (Å²) in [6, 6.07) is 0. The van der Waals surface area contributed by atoms with Crippen molar-refractivity contribution in [2.45, 2.75) is 174 Å². The number of allylic oxidation sites excluding steroid dienone is 4. The van der Waals surface area contributed by atoms with Gasteiger partial charge in [0.1, 0.15) is 19.8 Å². The van der Waals surface area contributed by atoms with Crippen LogP contribution in [0.15, 0.2) is 24.3 Å². The minimum Gasteiger partial charge on any atom is -0.462 e. The Labute approximate surface area is 307 Å². The molecule has 0 aromatic heterocycles. The molecule has 0 aliphatic heterocycles. The third-order valence-electron chi connectivity index (χ3n) is 8.47. The fraction of sp³-hybridized carbons (Fsp3) is 0.850. The first-order valence-electron chi connectivity index (χ1n) is 20.1. The lowest BCUT2D eigenvalue weighted by atomic mass is 10.1. The van der Waals surface area contributed by atoms with Crippen molar-refractivity contribution in [2.24, 2.45) is 0 Å². The quantitative estimate of drug-likeness (QED) is 0.0223. The second kappa shape index (κ2) is 33.3. The highest BCUT2D eigenvalue weighted by molar-refractivity contribution is 7.47. The molecule has 0 aromatic rings. The molecular weight excluding hydrogens is 653 g/mol. The SMILES string of the molecule is CCCC/C=C/CCCCCCCC(=O)O[C@H](COC(=O)CC/C=C/CCCCCCCCCCCCC)COP(=O)(O)OCC[N+](C)(C)C. The van der Waals surface area contributed by atoms with Crippen LogP contribution in [0.2, 0.25) is 0 Å². The van der Waals surface area contributed by atoms with Gasteiger partial charge in [-0.15, -0.1) is 0 Å². The summed E-state index contributed by atoms with van der Waals surface area (Å²) in [6.45, 7) is 4.32. The number of rotatable bonds is 36. The third-order valence-corrected chi connectivity index (χ3v) is 9.45. The van der Waals surface area contributed by atoms with Crippen molar-refractivity contribution in [2.75, 3.05) is 47.5 Å². The van der Waals surface area contributed by atoms with Crippen LogP contribution in [0.25, 0.3) is 0 Å². The lowest BCUT2D eigenvalue weighted by Gasteiger charge is -2.24. The lowest BCUT2D eigenvalue weighted by molar-refractivity contribution is -0.870. The summed E-state index contributed by atoms with van der Waals surface area (Å²) in [6.07, 6.45) is 33.8. The van der Waals surface area contributed by atoms with Gasteiger partial charge in [-0.3, -0.25) is 18.6 Å². The van der Waals surface area contributed by atoms with Gasteiger partial charge in [0.2, 0.25) is 0 Å². The molecule has 0 aromatic carbocycles. The molecule has 0 heterocycles. The van der Waals surface area contributed by atoms with Gasteiger partial charge in [-0.1, -0.05) is 134 Å². The summed E-state index contributed by atoms with van der Waals surface area (Å²) < 4.78 is 34.1. The number of carbonyl (C=O) groups is 2. The number of phosphoric ester groups is 1. The van der Waals surface area contributed by atoms with Crippen molar-refractivity contribution in [3.8, 4) is 0 Å². The molecule has 10 heteroatoms. The van der Waals surface area contributed by atoms with E-state index in [1.807, 2.05) is 27.2 Å². The van der Waals surface area contributed by atoms with Crippen molar-refractivity contribution in [1.29, 1.82) is 0 Å². The first-order valence-corrected chi connectivity index (χ1v) is 21.6. The van der Waals surface area contributed by atoms with Crippen molar-refractivity contribution in [1.82, 2.24) is 0 Å². The number of esters is 2. The van der Waals surface area contributed by atoms with Gasteiger partial charge in [-0.05, 0) is 44.9 Å². The van der Waals surface area contributed by atoms with Crippen molar-refractivity contribution < 1.29 is 42.1 Å². The average Bonchev–Trinajstić information content (AvgIpc) is 3.06. The molecule has 1 N–H and O–H groups in total. The maximum Gasteiger partial charge on any atom is 0.472 e. The summed E-state index contributed by atoms with van der Waals surface area (Å²) in [7, 11) is 1.46. The average molecular weight is 731 g/mol. The van der Waals surface area contributed by atoms with Crippen molar-refractivity contribution in [3.63, 3.8) is 0 Å². The van der Waals surface area contributed by atoms with E-state index < -0.39 is 32.5 Å². The molecule has 0 saturated heterocycles. The Balaban J connectivity index is 4.44. The second-order valence-electron chi connectivity index (χ2n) is 14.7. The maximum absolute atomic E-state index is 12.6. The van der Waals surface area contributed by atoms with Gasteiger partial charge in [-0.2, -0.15) is 0 Å². The summed E-state index contributed by atoms with van der Waals surface area (Å²) >= 11 is 0. The van der Waals surface area contributed by atoms with Gasteiger partial charge in [0, 0.05) is 12.8 Å². The van der Waals surface area contributed by atoms with Crippen LogP contribution < -0.4 is 0 Å². The van der Waals surface area contributed by atoms with Crippen LogP contribution in [0.3, 0.4) is 0 Å². The van der Waals surface area contributed by atoms with Gasteiger partial charge in [-0.25, -0.2) is 4.57 Å². The number of ether oxygens (including phenoxy) is 2. The molecular formula is C40H77NO8P+. The van der Waals surface area contributed by atoms with Crippen molar-refractivity contribution in [3.05, 3.63) is 24.3 Å². The first-order chi connectivity index (χ1) is 24.0. The van der Waals surface area contributed by atoms with Gasteiger partial charge in [0.05, 0.1) is 27.7 Å². The maximum atomic E-state index is 12.6. The predicted molar refractivity (Wildman–Crippen MR) is 206 cm³/mol. The third kappa shape index (κ3) is 36.3. The highest BCUT2D eigenvalue weighted by Crippen LogP contribution is 2.43. The zero-order valence-corrected chi connectivity index (χ0v) is 33.8. The number of nitrogens with zero attached hydrogens (tertiary/aromatic N) is 1. The van der Waals surface area contributed by atoms with Crippen LogP contribution in [0, 0.1) is 0 Å². The van der Waals surface area contributed by atoms with E-state index in [2.05, 4.69) is 32.1 Å². The largest absolute Gasteiger partial charge is 0.472 e. The van der Waals surface area contributed by atoms with Crippen molar-refractivity contribution >= 4 is 19.8 Å². The molecule has 294 valence electrons. The molecule has 0 saturated carbocycles. The topological polar surface area (TPSA) is 108 Å². The molecule has 0 amide bonds. The molecule has 0 radical (unpaired) electrons. The minimum atomic E-state index is -4.37. The molecule has 0 spiro atoms. The Morgan fingerprint density at radius 3 is 1.62 bits per heavy atom. The lowest BCUT2D eigenvalue weighted by Crippen LogP contribution is -2.37. The van der Waals surface area contributed by atoms with E-state index in [9.17, 15) is 19.0 Å². The number of hydrogen-bond donors (Lipinski definition) is 1.